The highest BCUT2D eigenvalue weighted by Crippen LogP contribution is 2.42. The highest BCUT2D eigenvalue weighted by atomic mass is 35.5. The Hall–Kier alpha value is -1.46. The third kappa shape index (κ3) is 1.93. The van der Waals surface area contributed by atoms with Gasteiger partial charge in [-0.1, -0.05) is 11.6 Å². The molecule has 106 valence electrons. The zero-order valence-corrected chi connectivity index (χ0v) is 12.6. The van der Waals surface area contributed by atoms with Crippen molar-refractivity contribution >= 4 is 40.0 Å². The maximum atomic E-state index is 14.5. The molecule has 1 unspecified atom stereocenters. The molecule has 0 spiro atoms. The molecule has 3 nitrogen and oxygen atoms in total. The average molecular weight is 312 g/mol. The Labute approximate surface area is 125 Å². The average Bonchev–Trinajstić information content (AvgIpc) is 2.88. The van der Waals surface area contributed by atoms with Crippen molar-refractivity contribution in [2.75, 3.05) is 22.9 Å². The zero-order valence-electron chi connectivity index (χ0n) is 11.0. The van der Waals surface area contributed by atoms with Gasteiger partial charge < -0.3 is 16.4 Å². The quantitative estimate of drug-likeness (QED) is 0.787. The van der Waals surface area contributed by atoms with Crippen molar-refractivity contribution < 1.29 is 4.39 Å². The molecule has 0 fully saturated rings. The van der Waals surface area contributed by atoms with Gasteiger partial charge in [-0.25, -0.2) is 4.39 Å². The molecule has 0 saturated carbocycles. The van der Waals surface area contributed by atoms with Crippen molar-refractivity contribution in [3.05, 3.63) is 38.8 Å². The van der Waals surface area contributed by atoms with Crippen LogP contribution in [0.3, 0.4) is 0 Å². The summed E-state index contributed by atoms with van der Waals surface area (Å²) in [7, 11) is 0. The van der Waals surface area contributed by atoms with E-state index in [4.69, 9.17) is 23.1 Å². The van der Waals surface area contributed by atoms with Crippen molar-refractivity contribution in [3.63, 3.8) is 0 Å². The third-order valence-corrected chi connectivity index (χ3v) is 5.18. The van der Waals surface area contributed by atoms with Crippen LogP contribution in [0.4, 0.5) is 21.5 Å². The largest absolute Gasteiger partial charge is 0.397 e. The molecule has 0 radical (unpaired) electrons. The molecule has 1 aromatic carbocycles. The molecule has 20 heavy (non-hydrogen) atoms. The lowest BCUT2D eigenvalue weighted by atomic mass is 10.00. The molecule has 1 aliphatic rings. The molecule has 2 aromatic rings. The second kappa shape index (κ2) is 4.82. The summed E-state index contributed by atoms with van der Waals surface area (Å²) >= 11 is 7.66. The Kier molecular flexibility index (Phi) is 3.26. The zero-order chi connectivity index (χ0) is 14.4. The lowest BCUT2D eigenvalue weighted by Crippen LogP contribution is -2.34. The van der Waals surface area contributed by atoms with Gasteiger partial charge in [-0.05, 0) is 36.4 Å². The van der Waals surface area contributed by atoms with E-state index in [9.17, 15) is 4.39 Å². The Morgan fingerprint density at radius 2 is 2.15 bits per heavy atom. The van der Waals surface area contributed by atoms with Crippen molar-refractivity contribution in [1.82, 2.24) is 0 Å². The van der Waals surface area contributed by atoms with Gasteiger partial charge in [-0.2, -0.15) is 0 Å². The van der Waals surface area contributed by atoms with Gasteiger partial charge in [-0.3, -0.25) is 0 Å². The van der Waals surface area contributed by atoms with Crippen LogP contribution in [0.15, 0.2) is 17.5 Å². The summed E-state index contributed by atoms with van der Waals surface area (Å²) in [4.78, 5) is 3.32. The monoisotopic (exact) mass is 311 g/mol. The van der Waals surface area contributed by atoms with Crippen molar-refractivity contribution in [1.29, 1.82) is 0 Å². The number of rotatable bonds is 1. The summed E-state index contributed by atoms with van der Waals surface area (Å²) in [6.07, 6.45) is 0.887. The summed E-state index contributed by atoms with van der Waals surface area (Å²) < 4.78 is 14.5. The standard InChI is InChI=1S/C14H15ClFN3S/c1-7-8-3-5-20-11(8)2-4-19(7)14-10(18)6-9(17)12(15)13(14)16/h3,5-7H,2,4,17-18H2,1H3. The Morgan fingerprint density at radius 1 is 1.40 bits per heavy atom. The molecule has 6 heteroatoms. The van der Waals surface area contributed by atoms with E-state index in [1.165, 1.54) is 16.5 Å². The Morgan fingerprint density at radius 3 is 2.90 bits per heavy atom. The van der Waals surface area contributed by atoms with Crippen LogP contribution in [0.25, 0.3) is 0 Å². The fourth-order valence-corrected chi connectivity index (χ4v) is 3.87. The van der Waals surface area contributed by atoms with E-state index in [2.05, 4.69) is 11.4 Å². The summed E-state index contributed by atoms with van der Waals surface area (Å²) in [5.74, 6) is -0.533. The normalized spacial score (nSPS) is 18.1. The number of benzene rings is 1. The molecule has 1 aromatic heterocycles. The molecule has 3 rings (SSSR count). The predicted octanol–water partition coefficient (Wildman–Crippen LogP) is 3.83. The van der Waals surface area contributed by atoms with Gasteiger partial charge in [0.2, 0.25) is 0 Å². The van der Waals surface area contributed by atoms with Crippen LogP contribution in [0, 0.1) is 5.82 Å². The van der Waals surface area contributed by atoms with Gasteiger partial charge in [0.25, 0.3) is 0 Å². The van der Waals surface area contributed by atoms with E-state index in [1.54, 1.807) is 11.3 Å². The molecule has 4 N–H and O–H groups in total. The number of fused-ring (bicyclic) bond motifs is 1. The van der Waals surface area contributed by atoms with E-state index in [1.807, 2.05) is 11.8 Å². The minimum Gasteiger partial charge on any atom is -0.397 e. The number of anilines is 3. The lowest BCUT2D eigenvalue weighted by molar-refractivity contribution is 0.584. The number of thiophene rings is 1. The third-order valence-electron chi connectivity index (χ3n) is 3.80. The van der Waals surface area contributed by atoms with Crippen molar-refractivity contribution in [3.8, 4) is 0 Å². The highest BCUT2D eigenvalue weighted by Gasteiger charge is 2.29. The molecule has 0 aliphatic carbocycles. The molecule has 0 amide bonds. The SMILES string of the molecule is CC1c2ccsc2CCN1c1c(N)cc(N)c(Cl)c1F. The molecule has 2 heterocycles. The summed E-state index contributed by atoms with van der Waals surface area (Å²) in [5, 5.41) is 2.01. The number of hydrogen-bond donors (Lipinski definition) is 2. The maximum Gasteiger partial charge on any atom is 0.169 e. The van der Waals surface area contributed by atoms with Crippen LogP contribution < -0.4 is 16.4 Å². The minimum atomic E-state index is -0.533. The van der Waals surface area contributed by atoms with Crippen LogP contribution in [-0.2, 0) is 6.42 Å². The van der Waals surface area contributed by atoms with E-state index in [-0.39, 0.29) is 16.8 Å². The van der Waals surface area contributed by atoms with Crippen LogP contribution in [0.5, 0.6) is 0 Å². The first kappa shape index (κ1) is 13.5. The molecule has 1 atom stereocenters. The summed E-state index contributed by atoms with van der Waals surface area (Å²) in [6, 6.07) is 3.68. The predicted molar refractivity (Wildman–Crippen MR) is 84.0 cm³/mol. The summed E-state index contributed by atoms with van der Waals surface area (Å²) in [5.41, 5.74) is 13.7. The van der Waals surface area contributed by atoms with Gasteiger partial charge in [0, 0.05) is 11.4 Å². The molecular weight excluding hydrogens is 297 g/mol. The molecule has 0 bridgehead atoms. The fourth-order valence-electron chi connectivity index (χ4n) is 2.76. The fraction of sp³-hybridized carbons (Fsp3) is 0.286. The Balaban J connectivity index is 2.09. The van der Waals surface area contributed by atoms with E-state index in [0.29, 0.717) is 11.4 Å². The minimum absolute atomic E-state index is 0.0579. The van der Waals surface area contributed by atoms with Crippen molar-refractivity contribution in [2.45, 2.75) is 19.4 Å². The van der Waals surface area contributed by atoms with Gasteiger partial charge in [0.05, 0.1) is 23.1 Å². The smallest absolute Gasteiger partial charge is 0.169 e. The van der Waals surface area contributed by atoms with Crippen molar-refractivity contribution in [2.24, 2.45) is 0 Å². The summed E-state index contributed by atoms with van der Waals surface area (Å²) in [6.45, 7) is 2.77. The highest BCUT2D eigenvalue weighted by molar-refractivity contribution is 7.10. The first-order valence-electron chi connectivity index (χ1n) is 6.36. The van der Waals surface area contributed by atoms with Crippen LogP contribution in [0.2, 0.25) is 5.02 Å². The number of nitrogen functional groups attached to an aromatic ring is 2. The number of nitrogens with zero attached hydrogens (tertiary/aromatic N) is 1. The molecule has 1 aliphatic heterocycles. The van der Waals surface area contributed by atoms with Crippen LogP contribution in [-0.4, -0.2) is 6.54 Å². The van der Waals surface area contributed by atoms with E-state index < -0.39 is 5.82 Å². The topological polar surface area (TPSA) is 55.3 Å². The molecule has 0 saturated heterocycles. The van der Waals surface area contributed by atoms with E-state index in [0.717, 1.165) is 13.0 Å². The first-order chi connectivity index (χ1) is 9.50. The first-order valence-corrected chi connectivity index (χ1v) is 7.62. The lowest BCUT2D eigenvalue weighted by Gasteiger charge is -2.36. The second-order valence-corrected chi connectivity index (χ2v) is 6.33. The van der Waals surface area contributed by atoms with Crippen LogP contribution in [0.1, 0.15) is 23.4 Å². The number of nitrogens with two attached hydrogens (primary N) is 2. The van der Waals surface area contributed by atoms with Gasteiger partial charge in [0.1, 0.15) is 5.02 Å². The number of halogens is 2. The van der Waals surface area contributed by atoms with Gasteiger partial charge >= 0.3 is 0 Å². The molecular formula is C14H15ClFN3S. The second-order valence-electron chi connectivity index (χ2n) is 4.95. The van der Waals surface area contributed by atoms with Gasteiger partial charge in [-0.15, -0.1) is 11.3 Å². The Bertz CT molecular complexity index is 671. The van der Waals surface area contributed by atoms with Gasteiger partial charge in [0.15, 0.2) is 5.82 Å². The maximum absolute atomic E-state index is 14.5. The van der Waals surface area contributed by atoms with Crippen LogP contribution >= 0.6 is 22.9 Å². The van der Waals surface area contributed by atoms with E-state index >= 15 is 0 Å². The number of hydrogen-bond acceptors (Lipinski definition) is 4.